The van der Waals surface area contributed by atoms with Crippen LogP contribution < -0.4 is 5.32 Å². The number of rotatable bonds is 6. The Hall–Kier alpha value is -2.52. The second-order valence-corrected chi connectivity index (χ2v) is 6.92. The van der Waals surface area contributed by atoms with Gasteiger partial charge in [0.15, 0.2) is 6.10 Å². The third-order valence-corrected chi connectivity index (χ3v) is 4.82. The molecule has 1 atom stereocenters. The second-order valence-electron chi connectivity index (χ2n) is 5.29. The summed E-state index contributed by atoms with van der Waals surface area (Å²) in [6.07, 6.45) is -0.937. The Morgan fingerprint density at radius 2 is 2.24 bits per heavy atom. The van der Waals surface area contributed by atoms with Crippen LogP contribution in [0.2, 0.25) is 0 Å². The highest BCUT2D eigenvalue weighted by Gasteiger charge is 2.20. The van der Waals surface area contributed by atoms with Crippen LogP contribution in [-0.2, 0) is 20.7 Å². The molecular weight excluding hydrogens is 362 g/mol. The summed E-state index contributed by atoms with van der Waals surface area (Å²) in [5.74, 6) is -0.786. The first kappa shape index (κ1) is 17.3. The van der Waals surface area contributed by atoms with Gasteiger partial charge in [-0.25, -0.2) is 4.98 Å². The molecule has 1 N–H and O–H groups in total. The Morgan fingerprint density at radius 1 is 1.40 bits per heavy atom. The monoisotopic (exact) mass is 377 g/mol. The fourth-order valence-electron chi connectivity index (χ4n) is 1.99. The number of nitrogens with one attached hydrogen (secondary N) is 1. The molecule has 3 aromatic rings. The largest absolute Gasteiger partial charge is 0.452 e. The van der Waals surface area contributed by atoms with E-state index in [4.69, 9.17) is 9.26 Å². The Morgan fingerprint density at radius 3 is 2.92 bits per heavy atom. The molecule has 0 bridgehead atoms. The number of carbonyl (C=O) groups excluding carboxylic acids is 2. The van der Waals surface area contributed by atoms with Crippen molar-refractivity contribution in [3.8, 4) is 10.6 Å². The Kier molecular flexibility index (Phi) is 5.25. The summed E-state index contributed by atoms with van der Waals surface area (Å²) < 4.78 is 10.0. The summed E-state index contributed by atoms with van der Waals surface area (Å²) in [6.45, 7) is 3.23. The van der Waals surface area contributed by atoms with Crippen molar-refractivity contribution in [2.24, 2.45) is 0 Å². The van der Waals surface area contributed by atoms with Crippen LogP contribution in [-0.4, -0.2) is 28.1 Å². The van der Waals surface area contributed by atoms with Gasteiger partial charge in [0.05, 0.1) is 17.8 Å². The molecule has 3 rings (SSSR count). The molecule has 7 nitrogen and oxygen atoms in total. The van der Waals surface area contributed by atoms with Crippen molar-refractivity contribution >= 4 is 40.4 Å². The highest BCUT2D eigenvalue weighted by atomic mass is 32.1. The number of nitrogens with zero attached hydrogens (tertiary/aromatic N) is 2. The molecule has 3 heterocycles. The van der Waals surface area contributed by atoms with Gasteiger partial charge in [-0.3, -0.25) is 14.9 Å². The lowest BCUT2D eigenvalue weighted by molar-refractivity contribution is -0.152. The average Bonchev–Trinajstić information content (AvgIpc) is 3.28. The van der Waals surface area contributed by atoms with Gasteiger partial charge in [-0.05, 0) is 25.3 Å². The third-order valence-electron chi connectivity index (χ3n) is 3.20. The average molecular weight is 377 g/mol. The molecule has 0 aliphatic carbocycles. The lowest BCUT2D eigenvalue weighted by Gasteiger charge is -2.11. The van der Waals surface area contributed by atoms with Crippen molar-refractivity contribution in [2.45, 2.75) is 26.4 Å². The van der Waals surface area contributed by atoms with Crippen molar-refractivity contribution in [3.63, 3.8) is 0 Å². The summed E-state index contributed by atoms with van der Waals surface area (Å²) in [5.41, 5.74) is 2.30. The van der Waals surface area contributed by atoms with E-state index in [2.05, 4.69) is 15.5 Å². The maximum atomic E-state index is 12.0. The van der Waals surface area contributed by atoms with Gasteiger partial charge in [0.2, 0.25) is 5.88 Å². The van der Waals surface area contributed by atoms with Crippen LogP contribution in [0.25, 0.3) is 10.6 Å². The standard InChI is InChI=1S/C16H15N3O4S2/c1-9-5-13(23-19-9)18-15(21)10(2)22-14(20)6-12-8-25-16(17-12)11-3-4-24-7-11/h3-5,7-8,10H,6H2,1-2H3,(H,18,21). The number of hydrogen-bond donors (Lipinski definition) is 1. The van der Waals surface area contributed by atoms with Crippen LogP contribution in [0.3, 0.4) is 0 Å². The molecule has 0 saturated carbocycles. The quantitative estimate of drug-likeness (QED) is 0.663. The number of esters is 1. The van der Waals surface area contributed by atoms with Crippen LogP contribution >= 0.6 is 22.7 Å². The minimum absolute atomic E-state index is 0.0136. The fourth-order valence-corrected chi connectivity index (χ4v) is 3.52. The van der Waals surface area contributed by atoms with E-state index in [0.717, 1.165) is 10.6 Å². The van der Waals surface area contributed by atoms with Gasteiger partial charge in [-0.2, -0.15) is 11.3 Å². The predicted molar refractivity (Wildman–Crippen MR) is 94.6 cm³/mol. The normalized spacial score (nSPS) is 11.9. The Bertz CT molecular complexity index is 870. The minimum atomic E-state index is -0.951. The van der Waals surface area contributed by atoms with Crippen LogP contribution in [0.4, 0.5) is 5.88 Å². The number of thiazole rings is 1. The summed E-state index contributed by atoms with van der Waals surface area (Å²) in [6, 6.07) is 3.55. The molecule has 1 unspecified atom stereocenters. The topological polar surface area (TPSA) is 94.3 Å². The minimum Gasteiger partial charge on any atom is -0.452 e. The van der Waals surface area contributed by atoms with E-state index in [1.165, 1.54) is 18.3 Å². The molecule has 130 valence electrons. The summed E-state index contributed by atoms with van der Waals surface area (Å²) in [7, 11) is 0. The zero-order chi connectivity index (χ0) is 17.8. The number of ether oxygens (including phenoxy) is 1. The number of thiophene rings is 1. The number of carbonyl (C=O) groups is 2. The van der Waals surface area contributed by atoms with E-state index in [9.17, 15) is 9.59 Å². The van der Waals surface area contributed by atoms with E-state index in [-0.39, 0.29) is 12.3 Å². The molecule has 0 aliphatic rings. The number of aryl methyl sites for hydroxylation is 1. The van der Waals surface area contributed by atoms with Gasteiger partial charge in [0, 0.05) is 22.4 Å². The first-order valence-electron chi connectivity index (χ1n) is 7.42. The van der Waals surface area contributed by atoms with E-state index in [1.807, 2.05) is 22.2 Å². The highest BCUT2D eigenvalue weighted by molar-refractivity contribution is 7.14. The Balaban J connectivity index is 1.52. The first-order chi connectivity index (χ1) is 12.0. The lowest BCUT2D eigenvalue weighted by Crippen LogP contribution is -2.30. The van der Waals surface area contributed by atoms with Crippen molar-refractivity contribution in [2.75, 3.05) is 5.32 Å². The number of aromatic nitrogens is 2. The molecule has 0 saturated heterocycles. The van der Waals surface area contributed by atoms with Crippen molar-refractivity contribution < 1.29 is 18.8 Å². The van der Waals surface area contributed by atoms with Gasteiger partial charge in [-0.1, -0.05) is 5.16 Å². The molecule has 9 heteroatoms. The smallest absolute Gasteiger partial charge is 0.312 e. The van der Waals surface area contributed by atoms with Crippen molar-refractivity contribution in [1.82, 2.24) is 10.1 Å². The van der Waals surface area contributed by atoms with Gasteiger partial charge in [0.25, 0.3) is 5.91 Å². The molecule has 0 spiro atoms. The molecule has 0 aliphatic heterocycles. The van der Waals surface area contributed by atoms with E-state index >= 15 is 0 Å². The van der Waals surface area contributed by atoms with Crippen LogP contribution in [0.5, 0.6) is 0 Å². The molecule has 25 heavy (non-hydrogen) atoms. The van der Waals surface area contributed by atoms with Crippen molar-refractivity contribution in [3.05, 3.63) is 39.7 Å². The molecule has 3 aromatic heterocycles. The van der Waals surface area contributed by atoms with Gasteiger partial charge < -0.3 is 9.26 Å². The third kappa shape index (κ3) is 4.52. The van der Waals surface area contributed by atoms with Crippen LogP contribution in [0.15, 0.2) is 32.8 Å². The zero-order valence-electron chi connectivity index (χ0n) is 13.5. The summed E-state index contributed by atoms with van der Waals surface area (Å²) in [4.78, 5) is 28.4. The molecule has 0 fully saturated rings. The fraction of sp³-hybridized carbons (Fsp3) is 0.250. The number of hydrogen-bond acceptors (Lipinski definition) is 8. The van der Waals surface area contributed by atoms with Gasteiger partial charge >= 0.3 is 5.97 Å². The maximum Gasteiger partial charge on any atom is 0.312 e. The molecule has 1 amide bonds. The van der Waals surface area contributed by atoms with Crippen LogP contribution in [0.1, 0.15) is 18.3 Å². The maximum absolute atomic E-state index is 12.0. The lowest BCUT2D eigenvalue weighted by atomic mass is 10.3. The molecule has 0 radical (unpaired) electrons. The molecule has 0 aromatic carbocycles. The van der Waals surface area contributed by atoms with Gasteiger partial charge in [-0.15, -0.1) is 11.3 Å². The second kappa shape index (κ2) is 7.58. The molecular formula is C16H15N3O4S2. The predicted octanol–water partition coefficient (Wildman–Crippen LogP) is 3.28. The summed E-state index contributed by atoms with van der Waals surface area (Å²) >= 11 is 3.06. The first-order valence-corrected chi connectivity index (χ1v) is 9.24. The highest BCUT2D eigenvalue weighted by Crippen LogP contribution is 2.25. The summed E-state index contributed by atoms with van der Waals surface area (Å²) in [5, 5.41) is 12.8. The SMILES string of the molecule is Cc1cc(NC(=O)C(C)OC(=O)Cc2csc(-c3ccsc3)n2)on1. The van der Waals surface area contributed by atoms with Crippen molar-refractivity contribution in [1.29, 1.82) is 0 Å². The van der Waals surface area contributed by atoms with E-state index in [0.29, 0.717) is 11.4 Å². The number of anilines is 1. The number of amides is 1. The van der Waals surface area contributed by atoms with E-state index < -0.39 is 18.0 Å². The van der Waals surface area contributed by atoms with E-state index in [1.54, 1.807) is 24.3 Å². The van der Waals surface area contributed by atoms with Gasteiger partial charge in [0.1, 0.15) is 5.01 Å². The zero-order valence-corrected chi connectivity index (χ0v) is 15.1. The van der Waals surface area contributed by atoms with Crippen LogP contribution in [0, 0.1) is 6.92 Å². The Labute approximate surface area is 151 Å².